The summed E-state index contributed by atoms with van der Waals surface area (Å²) in [5.41, 5.74) is 2.48. The van der Waals surface area contributed by atoms with E-state index in [4.69, 9.17) is 0 Å². The molecule has 0 unspecified atom stereocenters. The number of aryl methyl sites for hydroxylation is 1. The van der Waals surface area contributed by atoms with Crippen molar-refractivity contribution < 1.29 is 5.11 Å². The fraction of sp³-hybridized carbons (Fsp3) is 0.550. The van der Waals surface area contributed by atoms with Crippen LogP contribution in [0.3, 0.4) is 0 Å². The van der Waals surface area contributed by atoms with Gasteiger partial charge < -0.3 is 15.7 Å². The van der Waals surface area contributed by atoms with Crippen LogP contribution in [0.25, 0.3) is 0 Å². The zero-order valence-corrected chi connectivity index (χ0v) is 16.8. The van der Waals surface area contributed by atoms with Gasteiger partial charge in [-0.15, -0.1) is 0 Å². The van der Waals surface area contributed by atoms with Crippen molar-refractivity contribution >= 4 is 5.96 Å². The first-order valence-corrected chi connectivity index (χ1v) is 9.97. The first-order valence-electron chi connectivity index (χ1n) is 9.97. The molecule has 2 heterocycles. The van der Waals surface area contributed by atoms with E-state index in [1.165, 1.54) is 11.1 Å². The van der Waals surface area contributed by atoms with E-state index in [1.54, 1.807) is 11.0 Å². The Morgan fingerprint density at radius 1 is 1.18 bits per heavy atom. The fourth-order valence-corrected chi connectivity index (χ4v) is 3.24. The Hall–Kier alpha value is -2.45. The molecule has 1 aromatic heterocycles. The molecule has 1 aliphatic heterocycles. The molecule has 2 aromatic rings. The molecular weight excluding hydrogens is 354 g/mol. The molecule has 1 aromatic carbocycles. The number of benzene rings is 1. The van der Waals surface area contributed by atoms with E-state index in [2.05, 4.69) is 54.9 Å². The Kier molecular flexibility index (Phi) is 7.39. The maximum absolute atomic E-state index is 9.62. The van der Waals surface area contributed by atoms with Gasteiger partial charge >= 0.3 is 0 Å². The molecule has 3 N–H and O–H groups in total. The van der Waals surface area contributed by atoms with Crippen LogP contribution < -0.4 is 10.6 Å². The van der Waals surface area contributed by atoms with Gasteiger partial charge in [0, 0.05) is 33.2 Å². The van der Waals surface area contributed by atoms with Crippen molar-refractivity contribution in [3.05, 3.63) is 47.5 Å². The second-order valence-corrected chi connectivity index (χ2v) is 7.17. The van der Waals surface area contributed by atoms with Crippen LogP contribution in [-0.2, 0) is 26.7 Å². The van der Waals surface area contributed by atoms with Gasteiger partial charge in [0.25, 0.3) is 0 Å². The molecule has 0 radical (unpaired) electrons. The van der Waals surface area contributed by atoms with Gasteiger partial charge in [-0.1, -0.05) is 24.3 Å². The second kappa shape index (κ2) is 10.2. The lowest BCUT2D eigenvalue weighted by Gasteiger charge is -2.29. The van der Waals surface area contributed by atoms with E-state index >= 15 is 0 Å². The number of piperidine rings is 1. The number of nitrogens with zero attached hydrogens (tertiary/aromatic N) is 5. The van der Waals surface area contributed by atoms with Crippen molar-refractivity contribution in [2.45, 2.75) is 45.5 Å². The number of aliphatic hydroxyl groups is 1. The Morgan fingerprint density at radius 2 is 1.89 bits per heavy atom. The minimum atomic E-state index is -0.121. The predicted molar refractivity (Wildman–Crippen MR) is 110 cm³/mol. The lowest BCUT2D eigenvalue weighted by atomic mass is 10.1. The highest BCUT2D eigenvalue weighted by Crippen LogP contribution is 2.14. The molecule has 152 valence electrons. The van der Waals surface area contributed by atoms with E-state index in [0.717, 1.165) is 50.8 Å². The standard InChI is InChI=1S/C20H31N7O/c1-3-21-20(23-13-19-24-15-25-26(19)2)22-12-16-4-6-17(7-5-16)14-27-10-8-18(28)9-11-27/h4-7,15,18,28H,3,8-14H2,1-2H3,(H2,21,22,23). The summed E-state index contributed by atoms with van der Waals surface area (Å²) >= 11 is 0. The van der Waals surface area contributed by atoms with Crippen molar-refractivity contribution in [3.63, 3.8) is 0 Å². The molecule has 1 aliphatic rings. The van der Waals surface area contributed by atoms with Crippen LogP contribution in [0.2, 0.25) is 0 Å². The van der Waals surface area contributed by atoms with E-state index in [-0.39, 0.29) is 6.10 Å². The molecule has 0 saturated carbocycles. The number of guanidine groups is 1. The van der Waals surface area contributed by atoms with Crippen LogP contribution in [0.5, 0.6) is 0 Å². The number of nitrogens with one attached hydrogen (secondary N) is 2. The highest BCUT2D eigenvalue weighted by Gasteiger charge is 2.16. The normalized spacial score (nSPS) is 16.3. The maximum Gasteiger partial charge on any atom is 0.191 e. The molecule has 8 heteroatoms. The third-order valence-corrected chi connectivity index (χ3v) is 4.97. The van der Waals surface area contributed by atoms with Gasteiger partial charge in [0.1, 0.15) is 12.2 Å². The number of rotatable bonds is 7. The van der Waals surface area contributed by atoms with E-state index in [0.29, 0.717) is 13.1 Å². The zero-order chi connectivity index (χ0) is 19.8. The predicted octanol–water partition coefficient (Wildman–Crippen LogP) is 1.03. The molecule has 1 fully saturated rings. The Bertz CT molecular complexity index is 748. The fourth-order valence-electron chi connectivity index (χ4n) is 3.24. The molecule has 1 saturated heterocycles. The summed E-state index contributed by atoms with van der Waals surface area (Å²) in [5.74, 6) is 1.63. The smallest absolute Gasteiger partial charge is 0.191 e. The topological polar surface area (TPSA) is 90.6 Å². The third kappa shape index (κ3) is 6.03. The first-order chi connectivity index (χ1) is 13.6. The van der Waals surface area contributed by atoms with Gasteiger partial charge in [0.05, 0.1) is 19.2 Å². The summed E-state index contributed by atoms with van der Waals surface area (Å²) < 4.78 is 1.75. The van der Waals surface area contributed by atoms with Crippen LogP contribution in [-0.4, -0.2) is 56.5 Å². The number of hydrogen-bond donors (Lipinski definition) is 3. The summed E-state index contributed by atoms with van der Waals surface area (Å²) in [7, 11) is 1.88. The molecule has 0 bridgehead atoms. The third-order valence-electron chi connectivity index (χ3n) is 4.97. The Balaban J connectivity index is 1.51. The van der Waals surface area contributed by atoms with Gasteiger partial charge in [0.2, 0.25) is 0 Å². The van der Waals surface area contributed by atoms with Crippen LogP contribution in [0.1, 0.15) is 36.7 Å². The highest BCUT2D eigenvalue weighted by atomic mass is 16.3. The molecule has 0 atom stereocenters. The number of aromatic nitrogens is 3. The van der Waals surface area contributed by atoms with Crippen molar-refractivity contribution in [1.29, 1.82) is 0 Å². The maximum atomic E-state index is 9.62. The summed E-state index contributed by atoms with van der Waals surface area (Å²) in [6, 6.07) is 8.64. The van der Waals surface area contributed by atoms with Crippen LogP contribution in [0.4, 0.5) is 0 Å². The Morgan fingerprint density at radius 3 is 2.54 bits per heavy atom. The van der Waals surface area contributed by atoms with Crippen LogP contribution >= 0.6 is 0 Å². The zero-order valence-electron chi connectivity index (χ0n) is 16.8. The van der Waals surface area contributed by atoms with E-state index < -0.39 is 0 Å². The summed E-state index contributed by atoms with van der Waals surface area (Å²) in [5, 5.41) is 20.2. The number of likely N-dealkylation sites (tertiary alicyclic amines) is 1. The molecule has 0 spiro atoms. The number of aliphatic imine (C=N–C) groups is 1. The van der Waals surface area contributed by atoms with Crippen LogP contribution in [0, 0.1) is 0 Å². The molecule has 3 rings (SSSR count). The van der Waals surface area contributed by atoms with Gasteiger partial charge in [-0.3, -0.25) is 9.58 Å². The van der Waals surface area contributed by atoms with Crippen molar-refractivity contribution in [2.24, 2.45) is 12.0 Å². The average Bonchev–Trinajstić information content (AvgIpc) is 3.12. The first kappa shape index (κ1) is 20.3. The summed E-state index contributed by atoms with van der Waals surface area (Å²) in [6.45, 7) is 6.92. The Labute approximate surface area is 166 Å². The molecular formula is C20H31N7O. The quantitative estimate of drug-likeness (QED) is 0.487. The van der Waals surface area contributed by atoms with Crippen molar-refractivity contribution in [3.8, 4) is 0 Å². The minimum Gasteiger partial charge on any atom is -0.393 e. The van der Waals surface area contributed by atoms with Crippen molar-refractivity contribution in [1.82, 2.24) is 30.3 Å². The molecule has 0 amide bonds. The largest absolute Gasteiger partial charge is 0.393 e. The summed E-state index contributed by atoms with van der Waals surface area (Å²) in [4.78, 5) is 11.3. The van der Waals surface area contributed by atoms with E-state index in [1.807, 2.05) is 14.0 Å². The van der Waals surface area contributed by atoms with E-state index in [9.17, 15) is 5.11 Å². The minimum absolute atomic E-state index is 0.121. The highest BCUT2D eigenvalue weighted by molar-refractivity contribution is 5.79. The molecule has 8 nitrogen and oxygen atoms in total. The number of aliphatic hydroxyl groups excluding tert-OH is 1. The van der Waals surface area contributed by atoms with Crippen LogP contribution in [0.15, 0.2) is 35.6 Å². The number of hydrogen-bond acceptors (Lipinski definition) is 5. The van der Waals surface area contributed by atoms with Gasteiger partial charge in [-0.25, -0.2) is 9.98 Å². The van der Waals surface area contributed by atoms with Gasteiger partial charge in [0.15, 0.2) is 5.96 Å². The monoisotopic (exact) mass is 385 g/mol. The van der Waals surface area contributed by atoms with Crippen molar-refractivity contribution in [2.75, 3.05) is 19.6 Å². The SMILES string of the molecule is CCNC(=NCc1ccc(CN2CCC(O)CC2)cc1)NCc1ncnn1C. The average molecular weight is 386 g/mol. The molecule has 28 heavy (non-hydrogen) atoms. The lowest BCUT2D eigenvalue weighted by molar-refractivity contribution is 0.0792. The van der Waals surface area contributed by atoms with Gasteiger partial charge in [-0.05, 0) is 30.9 Å². The lowest BCUT2D eigenvalue weighted by Crippen LogP contribution is -2.37. The molecule has 0 aliphatic carbocycles. The summed E-state index contributed by atoms with van der Waals surface area (Å²) in [6.07, 6.45) is 3.18. The van der Waals surface area contributed by atoms with Gasteiger partial charge in [-0.2, -0.15) is 5.10 Å². The second-order valence-electron chi connectivity index (χ2n) is 7.17.